The number of hydrogen-bond acceptors (Lipinski definition) is 4. The molecule has 0 spiro atoms. The van der Waals surface area contributed by atoms with Crippen molar-refractivity contribution in [3.05, 3.63) is 47.5 Å². The second kappa shape index (κ2) is 6.56. The van der Waals surface area contributed by atoms with Crippen LogP contribution in [0.3, 0.4) is 0 Å². The van der Waals surface area contributed by atoms with Gasteiger partial charge in [0.2, 0.25) is 5.91 Å². The van der Waals surface area contributed by atoms with Gasteiger partial charge in [0.05, 0.1) is 6.54 Å². The van der Waals surface area contributed by atoms with Crippen molar-refractivity contribution >= 4 is 16.8 Å². The summed E-state index contributed by atoms with van der Waals surface area (Å²) in [5, 5.41) is 7.83. The zero-order valence-corrected chi connectivity index (χ0v) is 13.2. The molecular formula is C17H19N3O3. The number of carbonyl (C=O) groups excluding carboxylic acids is 1. The van der Waals surface area contributed by atoms with Gasteiger partial charge in [0, 0.05) is 29.8 Å². The number of nitrogens with one attached hydrogen (secondary N) is 2. The summed E-state index contributed by atoms with van der Waals surface area (Å²) < 4.78 is 10.7. The van der Waals surface area contributed by atoms with E-state index in [1.807, 2.05) is 44.2 Å². The first kappa shape index (κ1) is 15.1. The molecular weight excluding hydrogens is 294 g/mol. The normalized spacial score (nSPS) is 10.9. The zero-order chi connectivity index (χ0) is 16.2. The van der Waals surface area contributed by atoms with Crippen LogP contribution in [0.15, 0.2) is 34.9 Å². The molecule has 6 nitrogen and oxygen atoms in total. The highest BCUT2D eigenvalue weighted by Gasteiger charge is 2.06. The number of amides is 1. The fraction of sp³-hybridized carbons (Fsp3) is 0.294. The van der Waals surface area contributed by atoms with Crippen LogP contribution < -0.4 is 10.1 Å². The third kappa shape index (κ3) is 3.71. The molecule has 0 aliphatic rings. The third-order valence-corrected chi connectivity index (χ3v) is 3.51. The number of H-pyrrole nitrogens is 1. The number of hydrogen-bond donors (Lipinski definition) is 2. The molecule has 0 aliphatic heterocycles. The SMILES string of the molecule is CCC(=O)NCc1cc2ccc(OCc3cc(C)on3)cc2[nH]1. The molecule has 2 aromatic heterocycles. The highest BCUT2D eigenvalue weighted by molar-refractivity contribution is 5.82. The van der Waals surface area contributed by atoms with Crippen molar-refractivity contribution < 1.29 is 14.1 Å². The molecule has 0 aliphatic carbocycles. The first-order valence-electron chi connectivity index (χ1n) is 7.57. The summed E-state index contributed by atoms with van der Waals surface area (Å²) in [6.07, 6.45) is 0.486. The summed E-state index contributed by atoms with van der Waals surface area (Å²) in [5.74, 6) is 1.56. The van der Waals surface area contributed by atoms with E-state index in [9.17, 15) is 4.79 Å². The molecule has 0 radical (unpaired) electrons. The summed E-state index contributed by atoms with van der Waals surface area (Å²) in [7, 11) is 0. The number of nitrogens with zero attached hydrogens (tertiary/aromatic N) is 1. The molecule has 0 unspecified atom stereocenters. The van der Waals surface area contributed by atoms with Gasteiger partial charge in [0.25, 0.3) is 0 Å². The van der Waals surface area contributed by atoms with Crippen LogP contribution in [-0.2, 0) is 17.9 Å². The lowest BCUT2D eigenvalue weighted by atomic mass is 10.2. The number of carbonyl (C=O) groups is 1. The van der Waals surface area contributed by atoms with Gasteiger partial charge in [-0.3, -0.25) is 4.79 Å². The fourth-order valence-electron chi connectivity index (χ4n) is 2.31. The number of aromatic nitrogens is 2. The first-order chi connectivity index (χ1) is 11.1. The molecule has 0 bridgehead atoms. The minimum absolute atomic E-state index is 0.0376. The highest BCUT2D eigenvalue weighted by Crippen LogP contribution is 2.22. The van der Waals surface area contributed by atoms with Crippen LogP contribution in [0.5, 0.6) is 5.75 Å². The molecule has 3 rings (SSSR count). The Hall–Kier alpha value is -2.76. The Kier molecular flexibility index (Phi) is 4.32. The largest absolute Gasteiger partial charge is 0.487 e. The molecule has 0 fully saturated rings. The van der Waals surface area contributed by atoms with E-state index in [2.05, 4.69) is 15.5 Å². The number of aryl methyl sites for hydroxylation is 1. The van der Waals surface area contributed by atoms with Gasteiger partial charge >= 0.3 is 0 Å². The Bertz CT molecular complexity index is 819. The number of fused-ring (bicyclic) bond motifs is 1. The van der Waals surface area contributed by atoms with Crippen molar-refractivity contribution in [3.63, 3.8) is 0 Å². The molecule has 0 saturated heterocycles. The van der Waals surface area contributed by atoms with E-state index >= 15 is 0 Å². The van der Waals surface area contributed by atoms with E-state index in [4.69, 9.17) is 9.26 Å². The lowest BCUT2D eigenvalue weighted by Crippen LogP contribution is -2.21. The summed E-state index contributed by atoms with van der Waals surface area (Å²) >= 11 is 0. The number of aromatic amines is 1. The van der Waals surface area contributed by atoms with Crippen molar-refractivity contribution in [2.75, 3.05) is 0 Å². The minimum atomic E-state index is 0.0376. The van der Waals surface area contributed by atoms with Gasteiger partial charge in [0.15, 0.2) is 0 Å². The topological polar surface area (TPSA) is 80.2 Å². The van der Waals surface area contributed by atoms with Crippen LogP contribution in [0, 0.1) is 6.92 Å². The molecule has 6 heteroatoms. The van der Waals surface area contributed by atoms with E-state index in [1.54, 1.807) is 0 Å². The molecule has 0 saturated carbocycles. The smallest absolute Gasteiger partial charge is 0.220 e. The lowest BCUT2D eigenvalue weighted by Gasteiger charge is -2.03. The highest BCUT2D eigenvalue weighted by atomic mass is 16.5. The summed E-state index contributed by atoms with van der Waals surface area (Å²) in [5.41, 5.74) is 2.70. The van der Waals surface area contributed by atoms with Crippen LogP contribution in [0.2, 0.25) is 0 Å². The standard InChI is InChI=1S/C17H19N3O3/c1-3-17(21)18-9-13-7-12-4-5-15(8-16(12)19-13)22-10-14-6-11(2)23-20-14/h4-8,19H,3,9-10H2,1-2H3,(H,18,21). The minimum Gasteiger partial charge on any atom is -0.487 e. The lowest BCUT2D eigenvalue weighted by molar-refractivity contribution is -0.120. The molecule has 23 heavy (non-hydrogen) atoms. The van der Waals surface area contributed by atoms with Crippen LogP contribution in [0.25, 0.3) is 10.9 Å². The number of ether oxygens (including phenoxy) is 1. The van der Waals surface area contributed by atoms with Crippen LogP contribution >= 0.6 is 0 Å². The Labute approximate surface area is 133 Å². The Balaban J connectivity index is 1.67. The van der Waals surface area contributed by atoms with Crippen molar-refractivity contribution in [1.29, 1.82) is 0 Å². The molecule has 3 aromatic rings. The molecule has 1 amide bonds. The van der Waals surface area contributed by atoms with Crippen LogP contribution in [0.4, 0.5) is 0 Å². The fourth-order valence-corrected chi connectivity index (χ4v) is 2.31. The second-order valence-electron chi connectivity index (χ2n) is 5.39. The van der Waals surface area contributed by atoms with E-state index < -0.39 is 0 Å². The Morgan fingerprint density at radius 1 is 1.35 bits per heavy atom. The molecule has 2 heterocycles. The predicted octanol–water partition coefficient (Wildman–Crippen LogP) is 3.07. The van der Waals surface area contributed by atoms with Gasteiger partial charge in [0.1, 0.15) is 23.8 Å². The van der Waals surface area contributed by atoms with E-state index in [0.717, 1.165) is 33.8 Å². The predicted molar refractivity (Wildman–Crippen MR) is 86.0 cm³/mol. The van der Waals surface area contributed by atoms with Crippen molar-refractivity contribution in [2.45, 2.75) is 33.4 Å². The summed E-state index contributed by atoms with van der Waals surface area (Å²) in [6.45, 7) is 4.54. The van der Waals surface area contributed by atoms with Crippen molar-refractivity contribution in [2.24, 2.45) is 0 Å². The van der Waals surface area contributed by atoms with Crippen LogP contribution in [0.1, 0.15) is 30.5 Å². The molecule has 0 atom stereocenters. The maximum absolute atomic E-state index is 11.3. The monoisotopic (exact) mass is 313 g/mol. The Morgan fingerprint density at radius 2 is 2.22 bits per heavy atom. The van der Waals surface area contributed by atoms with Gasteiger partial charge in [-0.1, -0.05) is 12.1 Å². The van der Waals surface area contributed by atoms with Gasteiger partial charge < -0.3 is 19.6 Å². The van der Waals surface area contributed by atoms with E-state index in [1.165, 1.54) is 0 Å². The molecule has 1 aromatic carbocycles. The molecule has 2 N–H and O–H groups in total. The number of benzene rings is 1. The van der Waals surface area contributed by atoms with E-state index in [0.29, 0.717) is 19.6 Å². The van der Waals surface area contributed by atoms with Gasteiger partial charge in [-0.05, 0) is 30.5 Å². The summed E-state index contributed by atoms with van der Waals surface area (Å²) in [4.78, 5) is 14.6. The maximum Gasteiger partial charge on any atom is 0.220 e. The maximum atomic E-state index is 11.3. The summed E-state index contributed by atoms with van der Waals surface area (Å²) in [6, 6.07) is 9.71. The van der Waals surface area contributed by atoms with Gasteiger partial charge in [-0.15, -0.1) is 0 Å². The van der Waals surface area contributed by atoms with Crippen molar-refractivity contribution in [3.8, 4) is 5.75 Å². The van der Waals surface area contributed by atoms with Gasteiger partial charge in [-0.2, -0.15) is 0 Å². The van der Waals surface area contributed by atoms with Gasteiger partial charge in [-0.25, -0.2) is 0 Å². The number of rotatable bonds is 6. The second-order valence-corrected chi connectivity index (χ2v) is 5.39. The first-order valence-corrected chi connectivity index (χ1v) is 7.57. The third-order valence-electron chi connectivity index (χ3n) is 3.51. The van der Waals surface area contributed by atoms with Crippen molar-refractivity contribution in [1.82, 2.24) is 15.5 Å². The Morgan fingerprint density at radius 3 is 2.96 bits per heavy atom. The zero-order valence-electron chi connectivity index (χ0n) is 13.2. The molecule has 120 valence electrons. The van der Waals surface area contributed by atoms with Crippen LogP contribution in [-0.4, -0.2) is 16.0 Å². The quantitative estimate of drug-likeness (QED) is 0.733. The average Bonchev–Trinajstić information content (AvgIpc) is 3.15. The average molecular weight is 313 g/mol. The van der Waals surface area contributed by atoms with E-state index in [-0.39, 0.29) is 5.91 Å².